The van der Waals surface area contributed by atoms with Crippen LogP contribution >= 0.6 is 0 Å². The lowest BCUT2D eigenvalue weighted by atomic mass is 10.1. The Kier molecular flexibility index (Phi) is 2.11. The standard InChI is InChI=1S/C8H16N2O/c11-4-3-10-5-7-1-2-9-8(7)6-10/h7-9,11H,1-6H2/t7-,8+/m0/s1. The van der Waals surface area contributed by atoms with Gasteiger partial charge in [-0.3, -0.25) is 4.90 Å². The van der Waals surface area contributed by atoms with Crippen LogP contribution in [0.15, 0.2) is 0 Å². The second-order valence-electron chi connectivity index (χ2n) is 3.59. The summed E-state index contributed by atoms with van der Waals surface area (Å²) < 4.78 is 0. The van der Waals surface area contributed by atoms with E-state index in [1.54, 1.807) is 0 Å². The van der Waals surface area contributed by atoms with Crippen LogP contribution in [0.1, 0.15) is 6.42 Å². The molecule has 64 valence electrons. The van der Waals surface area contributed by atoms with Gasteiger partial charge in [-0.05, 0) is 18.9 Å². The lowest BCUT2D eigenvalue weighted by molar-refractivity contribution is 0.214. The number of aliphatic hydroxyl groups excluding tert-OH is 1. The summed E-state index contributed by atoms with van der Waals surface area (Å²) in [5.41, 5.74) is 0. The molecule has 0 amide bonds. The highest BCUT2D eigenvalue weighted by molar-refractivity contribution is 4.93. The van der Waals surface area contributed by atoms with Crippen molar-refractivity contribution in [2.24, 2.45) is 5.92 Å². The molecule has 0 aromatic rings. The Balaban J connectivity index is 1.84. The van der Waals surface area contributed by atoms with Gasteiger partial charge < -0.3 is 10.4 Å². The Morgan fingerprint density at radius 2 is 2.36 bits per heavy atom. The van der Waals surface area contributed by atoms with Crippen LogP contribution in [0.5, 0.6) is 0 Å². The van der Waals surface area contributed by atoms with Gasteiger partial charge in [-0.15, -0.1) is 0 Å². The fourth-order valence-corrected chi connectivity index (χ4v) is 2.26. The lowest BCUT2D eigenvalue weighted by Gasteiger charge is -2.14. The third-order valence-corrected chi connectivity index (χ3v) is 2.85. The van der Waals surface area contributed by atoms with E-state index in [1.807, 2.05) is 0 Å². The zero-order valence-electron chi connectivity index (χ0n) is 6.79. The van der Waals surface area contributed by atoms with Crippen LogP contribution in [0.2, 0.25) is 0 Å². The van der Waals surface area contributed by atoms with Crippen molar-refractivity contribution in [3.05, 3.63) is 0 Å². The second-order valence-corrected chi connectivity index (χ2v) is 3.59. The summed E-state index contributed by atoms with van der Waals surface area (Å²) in [6, 6.07) is 0.724. The van der Waals surface area contributed by atoms with Gasteiger partial charge >= 0.3 is 0 Å². The smallest absolute Gasteiger partial charge is 0.0558 e. The summed E-state index contributed by atoms with van der Waals surface area (Å²) in [6.07, 6.45) is 1.33. The summed E-state index contributed by atoms with van der Waals surface area (Å²) in [4.78, 5) is 2.35. The molecular weight excluding hydrogens is 140 g/mol. The van der Waals surface area contributed by atoms with Crippen molar-refractivity contribution in [2.45, 2.75) is 12.5 Å². The van der Waals surface area contributed by atoms with Crippen molar-refractivity contribution < 1.29 is 5.11 Å². The monoisotopic (exact) mass is 156 g/mol. The summed E-state index contributed by atoms with van der Waals surface area (Å²) in [7, 11) is 0. The van der Waals surface area contributed by atoms with E-state index in [2.05, 4.69) is 10.2 Å². The third-order valence-electron chi connectivity index (χ3n) is 2.85. The van der Waals surface area contributed by atoms with Gasteiger partial charge in [0, 0.05) is 25.7 Å². The topological polar surface area (TPSA) is 35.5 Å². The summed E-state index contributed by atoms with van der Waals surface area (Å²) >= 11 is 0. The zero-order valence-corrected chi connectivity index (χ0v) is 6.79. The minimum atomic E-state index is 0.305. The van der Waals surface area contributed by atoms with Gasteiger partial charge in [0.05, 0.1) is 6.61 Å². The fourth-order valence-electron chi connectivity index (χ4n) is 2.26. The molecule has 2 N–H and O–H groups in total. The van der Waals surface area contributed by atoms with E-state index in [1.165, 1.54) is 19.5 Å². The number of nitrogens with zero attached hydrogens (tertiary/aromatic N) is 1. The molecule has 0 saturated carbocycles. The van der Waals surface area contributed by atoms with E-state index in [-0.39, 0.29) is 0 Å². The van der Waals surface area contributed by atoms with Crippen LogP contribution in [0, 0.1) is 5.92 Å². The molecule has 0 aromatic carbocycles. The molecule has 0 aliphatic carbocycles. The first-order valence-electron chi connectivity index (χ1n) is 4.47. The molecule has 3 heteroatoms. The fraction of sp³-hybridized carbons (Fsp3) is 1.00. The highest BCUT2D eigenvalue weighted by Gasteiger charge is 2.35. The van der Waals surface area contributed by atoms with Crippen molar-refractivity contribution in [3.63, 3.8) is 0 Å². The quantitative estimate of drug-likeness (QED) is 0.553. The average Bonchev–Trinajstić information content (AvgIpc) is 2.46. The van der Waals surface area contributed by atoms with Crippen LogP contribution in [-0.2, 0) is 0 Å². The molecule has 2 aliphatic heterocycles. The van der Waals surface area contributed by atoms with Crippen molar-refractivity contribution in [2.75, 3.05) is 32.8 Å². The minimum Gasteiger partial charge on any atom is -0.395 e. The molecule has 2 heterocycles. The van der Waals surface area contributed by atoms with Crippen molar-refractivity contribution in [1.82, 2.24) is 10.2 Å². The molecular formula is C8H16N2O. The summed E-state index contributed by atoms with van der Waals surface area (Å²) in [6.45, 7) is 4.69. The molecule has 3 nitrogen and oxygen atoms in total. The Morgan fingerprint density at radius 1 is 1.45 bits per heavy atom. The first-order chi connectivity index (χ1) is 5.40. The van der Waals surface area contributed by atoms with E-state index in [0.29, 0.717) is 6.61 Å². The van der Waals surface area contributed by atoms with Crippen molar-refractivity contribution in [1.29, 1.82) is 0 Å². The molecule has 2 aliphatic rings. The number of nitrogens with one attached hydrogen (secondary N) is 1. The maximum absolute atomic E-state index is 8.73. The van der Waals surface area contributed by atoms with Gasteiger partial charge in [0.25, 0.3) is 0 Å². The Morgan fingerprint density at radius 3 is 3.09 bits per heavy atom. The number of rotatable bonds is 2. The molecule has 0 aromatic heterocycles. The zero-order chi connectivity index (χ0) is 7.68. The van der Waals surface area contributed by atoms with Gasteiger partial charge in [-0.2, -0.15) is 0 Å². The number of aliphatic hydroxyl groups is 1. The van der Waals surface area contributed by atoms with Crippen LogP contribution in [0.3, 0.4) is 0 Å². The van der Waals surface area contributed by atoms with E-state index in [9.17, 15) is 0 Å². The van der Waals surface area contributed by atoms with E-state index < -0.39 is 0 Å². The van der Waals surface area contributed by atoms with Crippen LogP contribution in [0.25, 0.3) is 0 Å². The summed E-state index contributed by atoms with van der Waals surface area (Å²) in [5, 5.41) is 12.2. The molecule has 2 rings (SSSR count). The van der Waals surface area contributed by atoms with Crippen LogP contribution in [-0.4, -0.2) is 48.8 Å². The van der Waals surface area contributed by atoms with Gasteiger partial charge in [-0.25, -0.2) is 0 Å². The molecule has 2 atom stereocenters. The molecule has 11 heavy (non-hydrogen) atoms. The molecule has 2 fully saturated rings. The average molecular weight is 156 g/mol. The summed E-state index contributed by atoms with van der Waals surface area (Å²) in [5.74, 6) is 0.863. The molecule has 2 saturated heterocycles. The van der Waals surface area contributed by atoms with Crippen molar-refractivity contribution in [3.8, 4) is 0 Å². The van der Waals surface area contributed by atoms with Gasteiger partial charge in [0.1, 0.15) is 0 Å². The lowest BCUT2D eigenvalue weighted by Crippen LogP contribution is -2.31. The molecule has 0 unspecified atom stereocenters. The van der Waals surface area contributed by atoms with Gasteiger partial charge in [0.15, 0.2) is 0 Å². The first-order valence-corrected chi connectivity index (χ1v) is 4.47. The van der Waals surface area contributed by atoms with Crippen molar-refractivity contribution >= 4 is 0 Å². The first kappa shape index (κ1) is 7.53. The number of hydrogen-bond donors (Lipinski definition) is 2. The third kappa shape index (κ3) is 1.41. The van der Waals surface area contributed by atoms with E-state index in [4.69, 9.17) is 5.11 Å². The maximum Gasteiger partial charge on any atom is 0.0558 e. The predicted octanol–water partition coefficient (Wildman–Crippen LogP) is -0.728. The maximum atomic E-state index is 8.73. The van der Waals surface area contributed by atoms with Crippen LogP contribution in [0.4, 0.5) is 0 Å². The number of β-amino-alcohol motifs (C(OH)–C–C–N with tert-alkyl or cyclic N) is 1. The SMILES string of the molecule is OCCN1C[C@@H]2CCN[C@@H]2C1. The molecule has 0 radical (unpaired) electrons. The number of fused-ring (bicyclic) bond motifs is 1. The normalized spacial score (nSPS) is 37.9. The van der Waals surface area contributed by atoms with E-state index in [0.717, 1.165) is 25.0 Å². The Labute approximate surface area is 67.4 Å². The van der Waals surface area contributed by atoms with Gasteiger partial charge in [-0.1, -0.05) is 0 Å². The number of likely N-dealkylation sites (tertiary alicyclic amines) is 1. The highest BCUT2D eigenvalue weighted by atomic mass is 16.3. The van der Waals surface area contributed by atoms with Gasteiger partial charge in [0.2, 0.25) is 0 Å². The predicted molar refractivity (Wildman–Crippen MR) is 43.4 cm³/mol. The second kappa shape index (κ2) is 3.09. The van der Waals surface area contributed by atoms with E-state index >= 15 is 0 Å². The molecule has 0 bridgehead atoms. The van der Waals surface area contributed by atoms with Crippen LogP contribution < -0.4 is 5.32 Å². The number of hydrogen-bond acceptors (Lipinski definition) is 3. The largest absolute Gasteiger partial charge is 0.395 e. The minimum absolute atomic E-state index is 0.305. The molecule has 0 spiro atoms. The Hall–Kier alpha value is -0.120. The highest BCUT2D eigenvalue weighted by Crippen LogP contribution is 2.23. The Bertz CT molecular complexity index is 128.